The van der Waals surface area contributed by atoms with Gasteiger partial charge in [0.05, 0.1) is 91.3 Å². The van der Waals surface area contributed by atoms with Crippen molar-refractivity contribution in [2.75, 3.05) is 113 Å². The zero-order chi connectivity index (χ0) is 77.0. The number of ether oxygens (including phenoxy) is 6. The van der Waals surface area contributed by atoms with Gasteiger partial charge in [-0.05, 0) is 150 Å². The number of rotatable bonds is 27. The first-order valence-electron chi connectivity index (χ1n) is 37.0. The number of aromatic nitrogens is 6. The van der Waals surface area contributed by atoms with Crippen LogP contribution in [0.15, 0.2) is 110 Å². The molecule has 0 radical (unpaired) electrons. The molecule has 27 heteroatoms. The molecule has 3 saturated heterocycles. The Labute approximate surface area is 625 Å². The van der Waals surface area contributed by atoms with Gasteiger partial charge in [0.1, 0.15) is 53.0 Å². The summed E-state index contributed by atoms with van der Waals surface area (Å²) in [6.45, 7) is 27.8. The normalized spacial score (nSPS) is 14.8. The molecule has 9 aromatic rings. The van der Waals surface area contributed by atoms with E-state index in [0.717, 1.165) is 74.9 Å². The fraction of sp³-hybridized carbons (Fsp3) is 0.444. The molecule has 108 heavy (non-hydrogen) atoms. The molecule has 0 saturated carbocycles. The molecule has 21 nitrogen and oxygen atoms in total. The van der Waals surface area contributed by atoms with Crippen molar-refractivity contribution in [3.63, 3.8) is 0 Å². The van der Waals surface area contributed by atoms with Crippen molar-refractivity contribution in [1.82, 2.24) is 45.9 Å². The molecule has 3 aromatic heterocycles. The number of morpholine rings is 3. The summed E-state index contributed by atoms with van der Waals surface area (Å²) in [6, 6.07) is 20.6. The number of hydrogen-bond donors (Lipinski definition) is 3. The lowest BCUT2D eigenvalue weighted by Crippen LogP contribution is -2.36. The molecule has 0 aliphatic carbocycles. The second-order valence-electron chi connectivity index (χ2n) is 28.2. The van der Waals surface area contributed by atoms with Gasteiger partial charge in [0, 0.05) is 110 Å². The summed E-state index contributed by atoms with van der Waals surface area (Å²) in [6.07, 6.45) is 9.01. The van der Waals surface area contributed by atoms with Crippen LogP contribution in [0, 0.1) is 52.7 Å². The third-order valence-electron chi connectivity index (χ3n) is 18.4. The number of amides is 3. The standard InChI is InChI=1S/3C27H32F2N4O3/c3*1-17(2)5-4-8-30-27(34)19-13-21(18(3)36-20-6-7-22(28)23(29)15-20)26-24(14-19)31-16-25(32-26)33-9-11-35-12-10-33/h3*6-7,13-18H,4-5,8-12H2,1-3H3,(H,30,34). The Hall–Kier alpha value is -9.99. The minimum Gasteiger partial charge on any atom is -0.486 e. The fourth-order valence-corrected chi connectivity index (χ4v) is 12.4. The van der Waals surface area contributed by atoms with Crippen LogP contribution >= 0.6 is 0 Å². The average Bonchev–Trinajstić information content (AvgIpc) is 0.790. The summed E-state index contributed by atoms with van der Waals surface area (Å²) in [7, 11) is 0. The molecule has 3 amide bonds. The molecule has 6 aromatic carbocycles. The molecule has 12 rings (SSSR count). The summed E-state index contributed by atoms with van der Waals surface area (Å²) in [5.41, 5.74) is 6.64. The zero-order valence-corrected chi connectivity index (χ0v) is 62.7. The zero-order valence-electron chi connectivity index (χ0n) is 62.7. The quantitative estimate of drug-likeness (QED) is 0.0321. The van der Waals surface area contributed by atoms with Gasteiger partial charge in [0.25, 0.3) is 17.7 Å². The summed E-state index contributed by atoms with van der Waals surface area (Å²) in [4.78, 5) is 73.5. The van der Waals surface area contributed by atoms with Crippen molar-refractivity contribution in [3.05, 3.63) is 178 Å². The summed E-state index contributed by atoms with van der Waals surface area (Å²) in [5, 5.41) is 8.91. The smallest absolute Gasteiger partial charge is 0.251 e. The van der Waals surface area contributed by atoms with E-state index in [4.69, 9.17) is 43.4 Å². The summed E-state index contributed by atoms with van der Waals surface area (Å²) in [5.74, 6) is -2.08. The van der Waals surface area contributed by atoms with Gasteiger partial charge in [0.15, 0.2) is 34.9 Å². The second-order valence-corrected chi connectivity index (χ2v) is 28.2. The van der Waals surface area contributed by atoms with Crippen molar-refractivity contribution >= 4 is 68.3 Å². The van der Waals surface area contributed by atoms with Crippen molar-refractivity contribution in [3.8, 4) is 17.2 Å². The maximum Gasteiger partial charge on any atom is 0.251 e. The van der Waals surface area contributed by atoms with Crippen LogP contribution in [0.4, 0.5) is 43.8 Å². The molecule has 0 bridgehead atoms. The molecule has 3 atom stereocenters. The van der Waals surface area contributed by atoms with Gasteiger partial charge < -0.3 is 59.1 Å². The van der Waals surface area contributed by atoms with E-state index in [1.165, 1.54) is 18.2 Å². The van der Waals surface area contributed by atoms with Gasteiger partial charge in [-0.25, -0.2) is 41.3 Å². The van der Waals surface area contributed by atoms with E-state index in [2.05, 4.69) is 87.1 Å². The van der Waals surface area contributed by atoms with Crippen LogP contribution in [0.2, 0.25) is 0 Å². The van der Waals surface area contributed by atoms with E-state index in [-0.39, 0.29) is 35.0 Å². The highest BCUT2D eigenvalue weighted by atomic mass is 19.2. The van der Waals surface area contributed by atoms with Gasteiger partial charge in [-0.2, -0.15) is 0 Å². The van der Waals surface area contributed by atoms with Crippen LogP contribution in [0.1, 0.15) is 167 Å². The van der Waals surface area contributed by atoms with E-state index >= 15 is 0 Å². The first-order chi connectivity index (χ1) is 51.9. The van der Waals surface area contributed by atoms with Crippen LogP contribution < -0.4 is 44.9 Å². The van der Waals surface area contributed by atoms with Gasteiger partial charge in [-0.15, -0.1) is 0 Å². The highest BCUT2D eigenvalue weighted by Gasteiger charge is 2.26. The lowest BCUT2D eigenvalue weighted by atomic mass is 10.0. The third kappa shape index (κ3) is 22.3. The molecule has 576 valence electrons. The average molecular weight is 1500 g/mol. The summed E-state index contributed by atoms with van der Waals surface area (Å²) >= 11 is 0. The third-order valence-corrected chi connectivity index (χ3v) is 18.4. The number of nitrogens with one attached hydrogen (secondary N) is 3. The molecule has 3 N–H and O–H groups in total. The van der Waals surface area contributed by atoms with Crippen LogP contribution in [0.5, 0.6) is 17.2 Å². The second kappa shape index (κ2) is 38.7. The van der Waals surface area contributed by atoms with Gasteiger partial charge in [0.2, 0.25) is 0 Å². The lowest BCUT2D eigenvalue weighted by molar-refractivity contribution is 0.0944. The number of fused-ring (bicyclic) bond motifs is 3. The number of benzene rings is 6. The number of halogens is 6. The van der Waals surface area contributed by atoms with E-state index in [1.54, 1.807) is 75.8 Å². The first-order valence-corrected chi connectivity index (χ1v) is 37.0. The molecule has 6 heterocycles. The van der Waals surface area contributed by atoms with Crippen LogP contribution in [-0.4, -0.2) is 146 Å². The Morgan fingerprint density at radius 3 is 0.880 bits per heavy atom. The monoisotopic (exact) mass is 1490 g/mol. The first kappa shape index (κ1) is 80.5. The Balaban J connectivity index is 0.000000173. The Morgan fingerprint density at radius 1 is 0.380 bits per heavy atom. The number of carbonyl (C=O) groups is 3. The fourth-order valence-electron chi connectivity index (χ4n) is 12.4. The Kier molecular flexibility index (Phi) is 28.9. The number of nitrogens with zero attached hydrogens (tertiary/aromatic N) is 9. The largest absolute Gasteiger partial charge is 0.486 e. The highest BCUT2D eigenvalue weighted by molar-refractivity contribution is 6.00. The van der Waals surface area contributed by atoms with E-state index < -0.39 is 53.2 Å². The maximum absolute atomic E-state index is 13.8. The minimum absolute atomic E-state index is 0.176. The number of anilines is 3. The molecular weight excluding hydrogens is 1400 g/mol. The van der Waals surface area contributed by atoms with Crippen LogP contribution in [-0.2, 0) is 14.2 Å². The molecule has 3 fully saturated rings. The van der Waals surface area contributed by atoms with Gasteiger partial charge in [-0.3, -0.25) is 29.3 Å². The SMILES string of the molecule is CC(C)CCCNC(=O)c1cc(C(C)Oc2ccc(F)c(F)c2)c2nc(N3CCOCC3)cnc2c1.CC(C)CCCNC(=O)c1cc(C(C)Oc2ccc(F)c(F)c2)c2nc(N3CCOCC3)cnc2c1.CC(C)CCCNC(=O)c1cc(C(C)Oc2ccc(F)c(F)c2)c2nc(N3CCOCC3)cnc2c1. The number of hydrogen-bond acceptors (Lipinski definition) is 18. The molecule has 0 spiro atoms. The molecule has 3 aliphatic heterocycles. The van der Waals surface area contributed by atoms with Gasteiger partial charge in [-0.1, -0.05) is 41.5 Å². The predicted molar refractivity (Wildman–Crippen MR) is 403 cm³/mol. The molecule has 3 aliphatic rings. The summed E-state index contributed by atoms with van der Waals surface area (Å²) < 4.78 is 116. The topological polar surface area (TPSA) is 230 Å². The van der Waals surface area contributed by atoms with Crippen molar-refractivity contribution in [2.24, 2.45) is 17.8 Å². The van der Waals surface area contributed by atoms with Crippen LogP contribution in [0.25, 0.3) is 33.1 Å². The molecule has 3 unspecified atom stereocenters. The Bertz CT molecular complexity index is 4090. The van der Waals surface area contributed by atoms with Crippen molar-refractivity contribution in [1.29, 1.82) is 0 Å². The maximum atomic E-state index is 13.8. The van der Waals surface area contributed by atoms with E-state index in [9.17, 15) is 40.7 Å². The molecular formula is C81H96F6N12O9. The van der Waals surface area contributed by atoms with Gasteiger partial charge >= 0.3 is 0 Å². The van der Waals surface area contributed by atoms with Crippen LogP contribution in [0.3, 0.4) is 0 Å². The van der Waals surface area contributed by atoms with E-state index in [1.807, 2.05) is 0 Å². The van der Waals surface area contributed by atoms with Crippen molar-refractivity contribution < 1.29 is 69.1 Å². The Morgan fingerprint density at radius 2 is 0.639 bits per heavy atom. The van der Waals surface area contributed by atoms with Crippen molar-refractivity contribution in [2.45, 2.75) is 119 Å². The number of carbonyl (C=O) groups excluding carboxylic acids is 3. The lowest BCUT2D eigenvalue weighted by Gasteiger charge is -2.28. The predicted octanol–water partition coefficient (Wildman–Crippen LogP) is 15.2. The minimum atomic E-state index is -0.992. The van der Waals surface area contributed by atoms with E-state index in [0.29, 0.717) is 200 Å². The highest BCUT2D eigenvalue weighted by Crippen LogP contribution is 2.35.